The molecule has 2 aliphatic rings. The van der Waals surface area contributed by atoms with Crippen molar-refractivity contribution in [2.75, 3.05) is 19.8 Å². The summed E-state index contributed by atoms with van der Waals surface area (Å²) < 4.78 is 11.6. The molecule has 2 fully saturated rings. The topological polar surface area (TPSA) is 139 Å². The summed E-state index contributed by atoms with van der Waals surface area (Å²) in [6.45, 7) is 8.35. The molecular weight excluding hydrogens is 442 g/mol. The van der Waals surface area contributed by atoms with Crippen molar-refractivity contribution in [2.24, 2.45) is 22.4 Å². The van der Waals surface area contributed by atoms with E-state index in [1.165, 1.54) is 12.2 Å². The van der Waals surface area contributed by atoms with E-state index in [-0.39, 0.29) is 49.2 Å². The number of rotatable bonds is 14. The summed E-state index contributed by atoms with van der Waals surface area (Å²) in [5.41, 5.74) is 0.433. The number of aliphatic hydroxyl groups excluding tert-OH is 1. The number of nitroso groups, excluding NO2 is 1. The zero-order valence-electron chi connectivity index (χ0n) is 20.4. The number of aliphatic hydroxyl groups is 1. The van der Waals surface area contributed by atoms with Crippen LogP contribution in [0.1, 0.15) is 47.0 Å². The van der Waals surface area contributed by atoms with Crippen molar-refractivity contribution in [3.63, 3.8) is 0 Å². The number of hydrogen-bond acceptors (Lipinski definition) is 9. The van der Waals surface area contributed by atoms with Crippen LogP contribution >= 0.6 is 0 Å². The fourth-order valence-electron chi connectivity index (χ4n) is 4.37. The molecule has 0 spiro atoms. The number of allylic oxidation sites excluding steroid dienone is 2. The molecule has 7 unspecified atom stereocenters. The van der Waals surface area contributed by atoms with Gasteiger partial charge in [-0.15, -0.1) is 4.91 Å². The molecule has 0 bridgehead atoms. The standard InChI is InChI=1S/C24H37N3O7/c1-16(7-9-17(2)23(26-30)24(11-12-28)15-32-24)8-10-21-18(3)14-20(19(4)34-21)25-22(29)6-5-13-33-27-31/h5-9,17-21,23,28H,10-15H2,1-4H3,(H,25,29)/b6-5-,9-7+,16-8+. The van der Waals surface area contributed by atoms with Crippen LogP contribution in [-0.2, 0) is 19.1 Å². The first-order chi connectivity index (χ1) is 16.3. The molecule has 7 atom stereocenters. The average Bonchev–Trinajstić information content (AvgIpc) is 3.57. The lowest BCUT2D eigenvalue weighted by Gasteiger charge is -2.39. The van der Waals surface area contributed by atoms with Crippen molar-refractivity contribution in [1.29, 1.82) is 0 Å². The van der Waals surface area contributed by atoms with E-state index in [1.807, 2.05) is 32.9 Å². The van der Waals surface area contributed by atoms with Crippen LogP contribution in [0.2, 0.25) is 0 Å². The van der Waals surface area contributed by atoms with Crippen molar-refractivity contribution in [2.45, 2.75) is 76.9 Å². The van der Waals surface area contributed by atoms with E-state index in [0.717, 1.165) is 18.4 Å². The van der Waals surface area contributed by atoms with Gasteiger partial charge in [0, 0.05) is 25.0 Å². The molecule has 0 radical (unpaired) electrons. The zero-order valence-corrected chi connectivity index (χ0v) is 20.4. The molecule has 10 nitrogen and oxygen atoms in total. The van der Waals surface area contributed by atoms with Gasteiger partial charge in [0.2, 0.25) is 5.91 Å². The number of amides is 1. The third-order valence-electron chi connectivity index (χ3n) is 6.57. The Labute approximate surface area is 200 Å². The summed E-state index contributed by atoms with van der Waals surface area (Å²) in [6.07, 6.45) is 10.6. The third-order valence-corrected chi connectivity index (χ3v) is 6.57. The Morgan fingerprint density at radius 1 is 1.32 bits per heavy atom. The highest BCUT2D eigenvalue weighted by atomic mass is 16.7. The fourth-order valence-corrected chi connectivity index (χ4v) is 4.37. The molecular formula is C24H37N3O7. The van der Waals surface area contributed by atoms with Gasteiger partial charge in [-0.2, -0.15) is 4.91 Å². The van der Waals surface area contributed by atoms with E-state index in [2.05, 4.69) is 33.7 Å². The Morgan fingerprint density at radius 3 is 2.68 bits per heavy atom. The van der Waals surface area contributed by atoms with E-state index in [1.54, 1.807) is 0 Å². The molecule has 0 aromatic heterocycles. The Morgan fingerprint density at radius 2 is 2.06 bits per heavy atom. The molecule has 1 amide bonds. The van der Waals surface area contributed by atoms with Crippen LogP contribution < -0.4 is 5.32 Å². The van der Waals surface area contributed by atoms with Gasteiger partial charge in [-0.1, -0.05) is 42.8 Å². The van der Waals surface area contributed by atoms with Gasteiger partial charge >= 0.3 is 0 Å². The maximum atomic E-state index is 12.0. The molecule has 190 valence electrons. The van der Waals surface area contributed by atoms with Gasteiger partial charge in [0.1, 0.15) is 18.2 Å². The molecule has 2 saturated heterocycles. The maximum Gasteiger partial charge on any atom is 0.244 e. The summed E-state index contributed by atoms with van der Waals surface area (Å²) in [7, 11) is 0. The van der Waals surface area contributed by atoms with E-state index < -0.39 is 11.6 Å². The van der Waals surface area contributed by atoms with E-state index >= 15 is 0 Å². The van der Waals surface area contributed by atoms with Gasteiger partial charge in [-0.25, -0.2) is 0 Å². The van der Waals surface area contributed by atoms with Gasteiger partial charge in [0.15, 0.2) is 5.34 Å². The monoisotopic (exact) mass is 479 g/mol. The van der Waals surface area contributed by atoms with Gasteiger partial charge in [0.05, 0.1) is 24.9 Å². The molecule has 34 heavy (non-hydrogen) atoms. The van der Waals surface area contributed by atoms with Crippen LogP contribution in [0.3, 0.4) is 0 Å². The highest BCUT2D eigenvalue weighted by Crippen LogP contribution is 2.40. The van der Waals surface area contributed by atoms with Gasteiger partial charge in [-0.3, -0.25) is 4.79 Å². The summed E-state index contributed by atoms with van der Waals surface area (Å²) in [5.74, 6) is -0.135. The molecule has 10 heteroatoms. The fraction of sp³-hybridized carbons (Fsp3) is 0.708. The minimum absolute atomic E-state index is 0.0311. The number of nitrogens with one attached hydrogen (secondary N) is 1. The summed E-state index contributed by atoms with van der Waals surface area (Å²) in [6, 6.07) is -0.634. The highest BCUT2D eigenvalue weighted by molar-refractivity contribution is 5.87. The predicted molar refractivity (Wildman–Crippen MR) is 128 cm³/mol. The molecule has 0 aliphatic carbocycles. The Hall–Kier alpha value is -2.43. The van der Waals surface area contributed by atoms with Gasteiger partial charge < -0.3 is 24.7 Å². The lowest BCUT2D eigenvalue weighted by Crippen LogP contribution is -2.50. The van der Waals surface area contributed by atoms with Crippen LogP contribution in [0.25, 0.3) is 0 Å². The normalized spacial score (nSPS) is 31.3. The lowest BCUT2D eigenvalue weighted by atomic mass is 9.87. The molecule has 0 aromatic carbocycles. The Bertz CT molecular complexity index is 779. The number of carbonyl (C=O) groups excluding carboxylic acids is 1. The second kappa shape index (κ2) is 13.5. The zero-order chi connectivity index (χ0) is 25.1. The predicted octanol–water partition coefficient (Wildman–Crippen LogP) is 3.35. The third kappa shape index (κ3) is 8.11. The highest BCUT2D eigenvalue weighted by Gasteiger charge is 2.53. The number of ether oxygens (including phenoxy) is 2. The van der Waals surface area contributed by atoms with Crippen molar-refractivity contribution in [3.8, 4) is 0 Å². The first-order valence-corrected chi connectivity index (χ1v) is 11.8. The summed E-state index contributed by atoms with van der Waals surface area (Å²) in [4.78, 5) is 37.6. The smallest absolute Gasteiger partial charge is 0.244 e. The minimum Gasteiger partial charge on any atom is -0.396 e. The van der Waals surface area contributed by atoms with Gasteiger partial charge in [-0.05, 0) is 38.7 Å². The number of nitrogens with zero attached hydrogens (tertiary/aromatic N) is 2. The first kappa shape index (κ1) is 27.8. The lowest BCUT2D eigenvalue weighted by molar-refractivity contribution is -0.123. The van der Waals surface area contributed by atoms with Crippen molar-refractivity contribution >= 4 is 5.91 Å². The van der Waals surface area contributed by atoms with Gasteiger partial charge in [0.25, 0.3) is 0 Å². The number of hydrogen-bond donors (Lipinski definition) is 2. The Balaban J connectivity index is 1.84. The van der Waals surface area contributed by atoms with Crippen molar-refractivity contribution in [1.82, 2.24) is 5.32 Å². The van der Waals surface area contributed by atoms with Crippen LogP contribution in [0.5, 0.6) is 0 Å². The first-order valence-electron chi connectivity index (χ1n) is 11.8. The Kier molecular flexibility index (Phi) is 11.0. The van der Waals surface area contributed by atoms with Crippen molar-refractivity contribution in [3.05, 3.63) is 45.8 Å². The van der Waals surface area contributed by atoms with Crippen molar-refractivity contribution < 1.29 is 24.2 Å². The summed E-state index contributed by atoms with van der Waals surface area (Å²) >= 11 is 0. The van der Waals surface area contributed by atoms with Crippen LogP contribution in [0.15, 0.2) is 46.5 Å². The van der Waals surface area contributed by atoms with E-state index in [4.69, 9.17) is 9.47 Å². The largest absolute Gasteiger partial charge is 0.396 e. The second-order valence-electron chi connectivity index (χ2n) is 9.26. The molecule has 2 N–H and O–H groups in total. The van der Waals surface area contributed by atoms with E-state index in [9.17, 15) is 19.7 Å². The maximum absolute atomic E-state index is 12.0. The SMILES string of the molecule is CC(/C=C/C(C)C(N=O)C1(CCO)CO1)=C\CC1OC(C)C(NC(=O)/C=C\CON=O)CC1C. The van der Waals surface area contributed by atoms with E-state index in [0.29, 0.717) is 13.0 Å². The van der Waals surface area contributed by atoms with Crippen LogP contribution in [-0.4, -0.2) is 60.7 Å². The van der Waals surface area contributed by atoms with Crippen LogP contribution in [0.4, 0.5) is 0 Å². The number of epoxide rings is 1. The minimum atomic E-state index is -0.623. The molecule has 2 aliphatic heterocycles. The average molecular weight is 480 g/mol. The quantitative estimate of drug-likeness (QED) is 0.0972. The molecule has 2 heterocycles. The molecule has 0 saturated carbocycles. The number of carbonyl (C=O) groups is 1. The second-order valence-corrected chi connectivity index (χ2v) is 9.26. The molecule has 2 rings (SSSR count). The van der Waals surface area contributed by atoms with Crippen LogP contribution in [0, 0.1) is 21.6 Å². The summed E-state index contributed by atoms with van der Waals surface area (Å²) in [5, 5.41) is 17.7. The molecule has 0 aromatic rings.